The van der Waals surface area contributed by atoms with Gasteiger partial charge in [0.05, 0.1) is 0 Å². The molecule has 3 heteroatoms. The summed E-state index contributed by atoms with van der Waals surface area (Å²) in [6.45, 7) is 0. The van der Waals surface area contributed by atoms with E-state index in [1.165, 1.54) is 50.3 Å². The Labute approximate surface area is 116 Å². The molecule has 0 aliphatic heterocycles. The lowest BCUT2D eigenvalue weighted by Gasteiger charge is -2.22. The molecule has 1 aliphatic rings. The lowest BCUT2D eigenvalue weighted by molar-refractivity contribution is 0.331. The molecule has 1 fully saturated rings. The van der Waals surface area contributed by atoms with Gasteiger partial charge in [-0.15, -0.1) is 0 Å². The molecule has 1 unspecified atom stereocenters. The predicted molar refractivity (Wildman–Crippen MR) is 73.8 cm³/mol. The average molecular weight is 317 g/mol. The second kappa shape index (κ2) is 6.65. The number of hydrogen-bond acceptors (Lipinski definition) is 0. The van der Waals surface area contributed by atoms with Crippen LogP contribution in [0.1, 0.15) is 55.3 Å². The lowest BCUT2D eigenvalue weighted by atomic mass is 9.85. The van der Waals surface area contributed by atoms with Gasteiger partial charge in [-0.3, -0.25) is 0 Å². The van der Waals surface area contributed by atoms with E-state index in [-0.39, 0.29) is 16.5 Å². The normalized spacial score (nSPS) is 18.8. The van der Waals surface area contributed by atoms with E-state index in [1.807, 2.05) is 0 Å². The minimum absolute atomic E-state index is 0.0740. The van der Waals surface area contributed by atoms with Gasteiger partial charge in [0.2, 0.25) is 0 Å². The first-order valence-corrected chi connectivity index (χ1v) is 7.67. The Morgan fingerprint density at radius 2 is 1.89 bits per heavy atom. The highest BCUT2D eigenvalue weighted by atomic mass is 79.9. The first-order valence-electron chi connectivity index (χ1n) is 6.76. The zero-order chi connectivity index (χ0) is 13.0. The molecule has 0 spiro atoms. The topological polar surface area (TPSA) is 0 Å². The largest absolute Gasteiger partial charge is 0.207 e. The second-order valence-electron chi connectivity index (χ2n) is 5.21. The standard InChI is InChI=1S/C15H19BrF2/c16-14(8-6-11-4-2-1-3-5-11)13-10-12(17)7-9-15(13)18/h7,9-11,14H,1-6,8H2. The van der Waals surface area contributed by atoms with Gasteiger partial charge >= 0.3 is 0 Å². The highest BCUT2D eigenvalue weighted by Crippen LogP contribution is 2.35. The molecule has 0 N–H and O–H groups in total. The average Bonchev–Trinajstić information content (AvgIpc) is 2.40. The van der Waals surface area contributed by atoms with Crippen LogP contribution in [0.5, 0.6) is 0 Å². The van der Waals surface area contributed by atoms with Crippen LogP contribution in [0.15, 0.2) is 18.2 Å². The van der Waals surface area contributed by atoms with Gasteiger partial charge in [-0.1, -0.05) is 48.0 Å². The molecule has 100 valence electrons. The minimum Gasteiger partial charge on any atom is -0.207 e. The predicted octanol–water partition coefficient (Wildman–Crippen LogP) is 5.76. The molecule has 18 heavy (non-hydrogen) atoms. The van der Waals surface area contributed by atoms with E-state index in [9.17, 15) is 8.78 Å². The van der Waals surface area contributed by atoms with E-state index < -0.39 is 0 Å². The molecule has 0 aromatic heterocycles. The smallest absolute Gasteiger partial charge is 0.127 e. The zero-order valence-corrected chi connectivity index (χ0v) is 12.1. The number of rotatable bonds is 4. The van der Waals surface area contributed by atoms with Crippen LogP contribution < -0.4 is 0 Å². The number of halogens is 3. The molecule has 0 bridgehead atoms. The third-order valence-corrected chi connectivity index (χ3v) is 4.80. The number of alkyl halides is 1. The maximum absolute atomic E-state index is 13.6. The van der Waals surface area contributed by atoms with Crippen molar-refractivity contribution >= 4 is 15.9 Å². The van der Waals surface area contributed by atoms with Gasteiger partial charge in [-0.2, -0.15) is 0 Å². The maximum atomic E-state index is 13.6. The molecule has 0 nitrogen and oxygen atoms in total. The summed E-state index contributed by atoms with van der Waals surface area (Å²) in [4.78, 5) is -0.0740. The van der Waals surface area contributed by atoms with Crippen LogP contribution in [-0.2, 0) is 0 Å². The van der Waals surface area contributed by atoms with Crippen molar-refractivity contribution in [3.8, 4) is 0 Å². The van der Waals surface area contributed by atoms with Gasteiger partial charge in [-0.25, -0.2) is 8.78 Å². The molecule has 0 radical (unpaired) electrons. The van der Waals surface area contributed by atoms with E-state index in [0.29, 0.717) is 5.56 Å². The summed E-state index contributed by atoms with van der Waals surface area (Å²) in [5.74, 6) is 0.0888. The van der Waals surface area contributed by atoms with Gasteiger partial charge in [0.1, 0.15) is 11.6 Å². The van der Waals surface area contributed by atoms with Gasteiger partial charge in [0, 0.05) is 10.4 Å². The van der Waals surface area contributed by atoms with Crippen LogP contribution in [0.3, 0.4) is 0 Å². The molecule has 1 aromatic carbocycles. The molecule has 1 atom stereocenters. The molecule has 0 saturated heterocycles. The Kier molecular flexibility index (Phi) is 5.16. The van der Waals surface area contributed by atoms with Crippen molar-refractivity contribution in [3.05, 3.63) is 35.4 Å². The van der Waals surface area contributed by atoms with E-state index in [2.05, 4.69) is 15.9 Å². The van der Waals surface area contributed by atoms with Crippen molar-refractivity contribution in [1.29, 1.82) is 0 Å². The highest BCUT2D eigenvalue weighted by molar-refractivity contribution is 9.09. The van der Waals surface area contributed by atoms with Gasteiger partial charge < -0.3 is 0 Å². The highest BCUT2D eigenvalue weighted by Gasteiger charge is 2.18. The minimum atomic E-state index is -0.367. The van der Waals surface area contributed by atoms with Crippen molar-refractivity contribution in [1.82, 2.24) is 0 Å². The van der Waals surface area contributed by atoms with Crippen LogP contribution >= 0.6 is 15.9 Å². The van der Waals surface area contributed by atoms with E-state index in [1.54, 1.807) is 0 Å². The first-order chi connectivity index (χ1) is 8.66. The van der Waals surface area contributed by atoms with E-state index >= 15 is 0 Å². The Balaban J connectivity index is 1.90. The molecule has 1 saturated carbocycles. The Morgan fingerprint density at radius 3 is 2.61 bits per heavy atom. The van der Waals surface area contributed by atoms with E-state index in [0.717, 1.165) is 18.8 Å². The van der Waals surface area contributed by atoms with E-state index in [4.69, 9.17) is 0 Å². The zero-order valence-electron chi connectivity index (χ0n) is 10.5. The molecule has 0 heterocycles. The summed E-state index contributed by atoms with van der Waals surface area (Å²) in [6, 6.07) is 3.68. The fourth-order valence-corrected chi connectivity index (χ4v) is 3.38. The fourth-order valence-electron chi connectivity index (χ4n) is 2.77. The molecule has 0 amide bonds. The quantitative estimate of drug-likeness (QED) is 0.619. The SMILES string of the molecule is Fc1ccc(F)c(C(Br)CCC2CCCCC2)c1. The maximum Gasteiger partial charge on any atom is 0.127 e. The van der Waals surface area contributed by atoms with Gasteiger partial charge in [0.25, 0.3) is 0 Å². The molecular weight excluding hydrogens is 298 g/mol. The Hall–Kier alpha value is -0.440. The fraction of sp³-hybridized carbons (Fsp3) is 0.600. The lowest BCUT2D eigenvalue weighted by Crippen LogP contribution is -2.07. The molecule has 2 rings (SSSR count). The Bertz CT molecular complexity index is 386. The number of benzene rings is 1. The third-order valence-electron chi connectivity index (χ3n) is 3.85. The summed E-state index contributed by atoms with van der Waals surface area (Å²) in [5, 5.41) is 0. The summed E-state index contributed by atoms with van der Waals surface area (Å²) in [7, 11) is 0. The van der Waals surface area contributed by atoms with Crippen LogP contribution in [0.2, 0.25) is 0 Å². The van der Waals surface area contributed by atoms with Crippen molar-refractivity contribution in [2.45, 2.75) is 49.8 Å². The summed E-state index contributed by atoms with van der Waals surface area (Å²) < 4.78 is 26.7. The monoisotopic (exact) mass is 316 g/mol. The second-order valence-corrected chi connectivity index (χ2v) is 6.32. The molecular formula is C15H19BrF2. The summed E-state index contributed by atoms with van der Waals surface area (Å²) >= 11 is 3.49. The van der Waals surface area contributed by atoms with Crippen molar-refractivity contribution in [2.75, 3.05) is 0 Å². The van der Waals surface area contributed by atoms with Crippen LogP contribution in [-0.4, -0.2) is 0 Å². The third kappa shape index (κ3) is 3.78. The van der Waals surface area contributed by atoms with Crippen molar-refractivity contribution in [2.24, 2.45) is 5.92 Å². The van der Waals surface area contributed by atoms with Crippen molar-refractivity contribution in [3.63, 3.8) is 0 Å². The van der Waals surface area contributed by atoms with Crippen LogP contribution in [0.4, 0.5) is 8.78 Å². The first kappa shape index (κ1) is 14.0. The molecule has 1 aliphatic carbocycles. The van der Waals surface area contributed by atoms with Crippen molar-refractivity contribution < 1.29 is 8.78 Å². The van der Waals surface area contributed by atoms with Crippen LogP contribution in [0, 0.1) is 17.6 Å². The molecule has 1 aromatic rings. The van der Waals surface area contributed by atoms with Gasteiger partial charge in [0.15, 0.2) is 0 Å². The number of hydrogen-bond donors (Lipinski definition) is 0. The summed E-state index contributed by atoms with van der Waals surface area (Å²) in [6.07, 6.45) is 8.58. The van der Waals surface area contributed by atoms with Gasteiger partial charge in [-0.05, 0) is 37.0 Å². The van der Waals surface area contributed by atoms with Crippen LogP contribution in [0.25, 0.3) is 0 Å². The Morgan fingerprint density at radius 1 is 1.17 bits per heavy atom. The summed E-state index contributed by atoms with van der Waals surface area (Å²) in [5.41, 5.74) is 0.450.